The van der Waals surface area contributed by atoms with E-state index in [0.29, 0.717) is 12.3 Å². The van der Waals surface area contributed by atoms with Gasteiger partial charge in [0, 0.05) is 12.1 Å². The van der Waals surface area contributed by atoms with Crippen LogP contribution in [0.4, 0.5) is 4.39 Å². The molecule has 4 nitrogen and oxygen atoms in total. The fourth-order valence-corrected chi connectivity index (χ4v) is 3.13. The zero-order valence-electron chi connectivity index (χ0n) is 12.8. The molecule has 1 aliphatic rings. The molecule has 1 amide bonds. The fraction of sp³-hybridized carbons (Fsp3) is 0.412. The monoisotopic (exact) mass is 302 g/mol. The van der Waals surface area contributed by atoms with E-state index in [0.717, 1.165) is 29.7 Å². The van der Waals surface area contributed by atoms with Crippen molar-refractivity contribution in [2.75, 3.05) is 6.54 Å². The van der Waals surface area contributed by atoms with Crippen LogP contribution in [0.15, 0.2) is 28.8 Å². The number of aromatic nitrogens is 1. The van der Waals surface area contributed by atoms with E-state index in [4.69, 9.17) is 4.52 Å². The second-order valence-electron chi connectivity index (χ2n) is 5.78. The van der Waals surface area contributed by atoms with Gasteiger partial charge in [-0.25, -0.2) is 4.39 Å². The van der Waals surface area contributed by atoms with Crippen LogP contribution in [-0.4, -0.2) is 22.5 Å². The van der Waals surface area contributed by atoms with E-state index in [9.17, 15) is 9.18 Å². The first-order chi connectivity index (χ1) is 10.6. The number of hydrogen-bond acceptors (Lipinski definition) is 3. The number of hydrogen-bond donors (Lipinski definition) is 0. The number of carbonyl (C=O) groups excluding carboxylic acids is 1. The number of amides is 1. The van der Waals surface area contributed by atoms with Crippen LogP contribution in [0.1, 0.15) is 41.5 Å². The molecule has 1 aromatic carbocycles. The van der Waals surface area contributed by atoms with E-state index in [1.165, 1.54) is 12.1 Å². The molecule has 0 aliphatic carbocycles. The molecule has 1 aromatic heterocycles. The summed E-state index contributed by atoms with van der Waals surface area (Å²) in [6.07, 6.45) is 2.10. The lowest BCUT2D eigenvalue weighted by Gasteiger charge is -2.25. The third-order valence-electron chi connectivity index (χ3n) is 4.32. The lowest BCUT2D eigenvalue weighted by Crippen LogP contribution is -2.32. The molecule has 1 atom stereocenters. The second kappa shape index (κ2) is 5.91. The zero-order valence-corrected chi connectivity index (χ0v) is 12.8. The Labute approximate surface area is 128 Å². The van der Waals surface area contributed by atoms with Gasteiger partial charge in [-0.1, -0.05) is 17.3 Å². The summed E-state index contributed by atoms with van der Waals surface area (Å²) in [5.74, 6) is 0.469. The minimum Gasteiger partial charge on any atom is -0.361 e. The smallest absolute Gasteiger partial charge is 0.227 e. The fourth-order valence-electron chi connectivity index (χ4n) is 3.13. The van der Waals surface area contributed by atoms with Crippen LogP contribution in [-0.2, 0) is 11.2 Å². The van der Waals surface area contributed by atoms with Gasteiger partial charge in [-0.05, 0) is 44.4 Å². The maximum atomic E-state index is 13.4. The minimum atomic E-state index is -0.262. The van der Waals surface area contributed by atoms with Gasteiger partial charge in [-0.2, -0.15) is 0 Å². The van der Waals surface area contributed by atoms with Crippen LogP contribution in [0.25, 0.3) is 0 Å². The Morgan fingerprint density at radius 3 is 2.95 bits per heavy atom. The summed E-state index contributed by atoms with van der Waals surface area (Å²) in [5, 5.41) is 3.89. The lowest BCUT2D eigenvalue weighted by atomic mass is 10.0. The molecular formula is C17H19FN2O2. The number of likely N-dealkylation sites (tertiary alicyclic amines) is 1. The third-order valence-corrected chi connectivity index (χ3v) is 4.32. The molecule has 3 rings (SSSR count). The van der Waals surface area contributed by atoms with Crippen molar-refractivity contribution in [1.82, 2.24) is 10.1 Å². The quantitative estimate of drug-likeness (QED) is 0.873. The zero-order chi connectivity index (χ0) is 15.7. The van der Waals surface area contributed by atoms with E-state index in [-0.39, 0.29) is 24.2 Å². The van der Waals surface area contributed by atoms with Gasteiger partial charge < -0.3 is 9.42 Å². The predicted octanol–water partition coefficient (Wildman–Crippen LogP) is 3.34. The second-order valence-corrected chi connectivity index (χ2v) is 5.78. The van der Waals surface area contributed by atoms with Gasteiger partial charge in [0.2, 0.25) is 5.91 Å². The number of halogens is 1. The molecular weight excluding hydrogens is 283 g/mol. The predicted molar refractivity (Wildman–Crippen MR) is 79.8 cm³/mol. The Morgan fingerprint density at radius 1 is 1.45 bits per heavy atom. The molecule has 1 aliphatic heterocycles. The van der Waals surface area contributed by atoms with Crippen LogP contribution in [0, 0.1) is 19.7 Å². The highest BCUT2D eigenvalue weighted by Gasteiger charge is 2.30. The van der Waals surface area contributed by atoms with Gasteiger partial charge in [0.05, 0.1) is 18.2 Å². The average molecular weight is 302 g/mol. The Balaban J connectivity index is 1.80. The number of benzene rings is 1. The minimum absolute atomic E-state index is 0.0383. The molecule has 0 unspecified atom stereocenters. The summed E-state index contributed by atoms with van der Waals surface area (Å²) in [4.78, 5) is 14.5. The summed E-state index contributed by atoms with van der Waals surface area (Å²) < 4.78 is 18.6. The van der Waals surface area contributed by atoms with Crippen molar-refractivity contribution in [2.45, 2.75) is 39.2 Å². The molecule has 0 N–H and O–H groups in total. The Kier molecular flexibility index (Phi) is 3.96. The molecule has 116 valence electrons. The van der Waals surface area contributed by atoms with E-state index in [2.05, 4.69) is 5.16 Å². The van der Waals surface area contributed by atoms with Crippen molar-refractivity contribution in [2.24, 2.45) is 0 Å². The summed E-state index contributed by atoms with van der Waals surface area (Å²) in [5.41, 5.74) is 2.48. The first kappa shape index (κ1) is 14.8. The van der Waals surface area contributed by atoms with Crippen molar-refractivity contribution in [1.29, 1.82) is 0 Å². The van der Waals surface area contributed by atoms with Crippen LogP contribution in [0.5, 0.6) is 0 Å². The van der Waals surface area contributed by atoms with Gasteiger partial charge >= 0.3 is 0 Å². The molecule has 2 heterocycles. The molecule has 0 saturated carbocycles. The van der Waals surface area contributed by atoms with Gasteiger partial charge in [0.25, 0.3) is 0 Å². The Morgan fingerprint density at radius 2 is 2.27 bits per heavy atom. The number of nitrogens with zero attached hydrogens (tertiary/aromatic N) is 2. The van der Waals surface area contributed by atoms with Gasteiger partial charge in [-0.15, -0.1) is 0 Å². The maximum absolute atomic E-state index is 13.4. The molecule has 5 heteroatoms. The molecule has 1 fully saturated rings. The standard InChI is InChI=1S/C17H19FN2O2/c1-11-15(12(2)22-19-11)10-17(21)20-8-4-7-16(20)13-5-3-6-14(18)9-13/h3,5-6,9,16H,4,7-8,10H2,1-2H3/t16-/m1/s1. The summed E-state index contributed by atoms with van der Waals surface area (Å²) in [6, 6.07) is 6.49. The van der Waals surface area contributed by atoms with Crippen molar-refractivity contribution < 1.29 is 13.7 Å². The average Bonchev–Trinajstić information content (AvgIpc) is 3.09. The molecule has 2 aromatic rings. The number of rotatable bonds is 3. The normalized spacial score (nSPS) is 18.0. The highest BCUT2D eigenvalue weighted by molar-refractivity contribution is 5.80. The first-order valence-corrected chi connectivity index (χ1v) is 7.53. The molecule has 1 saturated heterocycles. The van der Waals surface area contributed by atoms with Crippen LogP contribution >= 0.6 is 0 Å². The third kappa shape index (κ3) is 2.75. The summed E-state index contributed by atoms with van der Waals surface area (Å²) in [7, 11) is 0. The lowest BCUT2D eigenvalue weighted by molar-refractivity contribution is -0.131. The van der Waals surface area contributed by atoms with Crippen LogP contribution in [0.2, 0.25) is 0 Å². The SMILES string of the molecule is Cc1noc(C)c1CC(=O)N1CCC[C@@H]1c1cccc(F)c1. The van der Waals surface area contributed by atoms with E-state index in [1.54, 1.807) is 6.07 Å². The highest BCUT2D eigenvalue weighted by atomic mass is 19.1. The molecule has 0 bridgehead atoms. The maximum Gasteiger partial charge on any atom is 0.227 e. The Hall–Kier alpha value is -2.17. The summed E-state index contributed by atoms with van der Waals surface area (Å²) in [6.45, 7) is 4.37. The molecule has 0 radical (unpaired) electrons. The summed E-state index contributed by atoms with van der Waals surface area (Å²) >= 11 is 0. The van der Waals surface area contributed by atoms with E-state index in [1.807, 2.05) is 24.8 Å². The first-order valence-electron chi connectivity index (χ1n) is 7.53. The van der Waals surface area contributed by atoms with Gasteiger partial charge in [0.15, 0.2) is 0 Å². The van der Waals surface area contributed by atoms with E-state index < -0.39 is 0 Å². The Bertz CT molecular complexity index is 676. The number of aryl methyl sites for hydroxylation is 2. The van der Waals surface area contributed by atoms with Gasteiger partial charge in [-0.3, -0.25) is 4.79 Å². The van der Waals surface area contributed by atoms with Crippen molar-refractivity contribution in [3.8, 4) is 0 Å². The van der Waals surface area contributed by atoms with Crippen LogP contribution < -0.4 is 0 Å². The molecule has 0 spiro atoms. The highest BCUT2D eigenvalue weighted by Crippen LogP contribution is 2.33. The number of carbonyl (C=O) groups is 1. The van der Waals surface area contributed by atoms with Crippen molar-refractivity contribution in [3.05, 3.63) is 52.7 Å². The van der Waals surface area contributed by atoms with Crippen molar-refractivity contribution >= 4 is 5.91 Å². The van der Waals surface area contributed by atoms with Crippen molar-refractivity contribution in [3.63, 3.8) is 0 Å². The van der Waals surface area contributed by atoms with E-state index >= 15 is 0 Å². The topological polar surface area (TPSA) is 46.3 Å². The van der Waals surface area contributed by atoms with Gasteiger partial charge in [0.1, 0.15) is 11.6 Å². The largest absolute Gasteiger partial charge is 0.361 e. The molecule has 22 heavy (non-hydrogen) atoms. The van der Waals surface area contributed by atoms with Crippen LogP contribution in [0.3, 0.4) is 0 Å².